The molecule has 0 spiro atoms. The maximum absolute atomic E-state index is 12.8. The third-order valence-corrected chi connectivity index (χ3v) is 6.85. The summed E-state index contributed by atoms with van der Waals surface area (Å²) < 4.78 is 5.72. The van der Waals surface area contributed by atoms with E-state index in [9.17, 15) is 14.9 Å². The van der Waals surface area contributed by atoms with Crippen molar-refractivity contribution in [2.45, 2.75) is 44.7 Å². The highest BCUT2D eigenvalue weighted by atomic mass is 16.6. The van der Waals surface area contributed by atoms with Crippen molar-refractivity contribution in [2.24, 2.45) is 0 Å². The van der Waals surface area contributed by atoms with Crippen LogP contribution in [-0.2, 0) is 0 Å². The van der Waals surface area contributed by atoms with E-state index in [2.05, 4.69) is 10.6 Å². The number of para-hydroxylation sites is 1. The molecule has 1 aliphatic carbocycles. The van der Waals surface area contributed by atoms with E-state index in [1.165, 1.54) is 6.07 Å². The highest BCUT2D eigenvalue weighted by Crippen LogP contribution is 2.32. The molecule has 10 heteroatoms. The van der Waals surface area contributed by atoms with Crippen molar-refractivity contribution in [1.29, 1.82) is 0 Å². The lowest BCUT2D eigenvalue weighted by atomic mass is 9.91. The Labute approximate surface area is 220 Å². The Morgan fingerprint density at radius 2 is 1.76 bits per heavy atom. The number of hydrogen-bond donors (Lipinski definition) is 2. The molecule has 1 fully saturated rings. The van der Waals surface area contributed by atoms with Gasteiger partial charge in [0.1, 0.15) is 11.6 Å². The Morgan fingerprint density at radius 1 is 1.03 bits per heavy atom. The van der Waals surface area contributed by atoms with Crippen LogP contribution >= 0.6 is 0 Å². The van der Waals surface area contributed by atoms with Crippen LogP contribution in [-0.4, -0.2) is 47.0 Å². The van der Waals surface area contributed by atoms with Gasteiger partial charge in [-0.15, -0.1) is 0 Å². The monoisotopic (exact) mass is 514 g/mol. The van der Waals surface area contributed by atoms with E-state index in [0.29, 0.717) is 17.3 Å². The lowest BCUT2D eigenvalue weighted by Crippen LogP contribution is -2.40. The fraction of sp³-hybridized carbons (Fsp3) is 0.321. The Morgan fingerprint density at radius 3 is 2.50 bits per heavy atom. The second kappa shape index (κ2) is 10.5. The topological polar surface area (TPSA) is 126 Å². The van der Waals surface area contributed by atoms with E-state index in [0.717, 1.165) is 48.0 Å². The maximum atomic E-state index is 12.8. The normalized spacial score (nSPS) is 17.2. The van der Waals surface area contributed by atoms with Gasteiger partial charge in [0.2, 0.25) is 5.95 Å². The van der Waals surface area contributed by atoms with Gasteiger partial charge in [-0.2, -0.15) is 4.98 Å². The second-order valence-electron chi connectivity index (χ2n) is 9.89. The van der Waals surface area contributed by atoms with E-state index in [-0.39, 0.29) is 29.4 Å². The SMILES string of the molecule is Cc1ccc(-c2ccc(C(=O)N[C@H]3CC[C@@H](Nc4nc(N(C)C)c5ccccc5n4)CC3)o2)c([N+](=O)[O-])c1. The number of aromatic nitrogens is 2. The number of amides is 1. The number of nitrogens with one attached hydrogen (secondary N) is 2. The van der Waals surface area contributed by atoms with Crippen molar-refractivity contribution in [3.63, 3.8) is 0 Å². The molecule has 0 radical (unpaired) electrons. The second-order valence-corrected chi connectivity index (χ2v) is 9.89. The summed E-state index contributed by atoms with van der Waals surface area (Å²) in [6.45, 7) is 1.79. The molecule has 2 N–H and O–H groups in total. The number of anilines is 2. The third kappa shape index (κ3) is 5.29. The minimum atomic E-state index is -0.443. The van der Waals surface area contributed by atoms with Crippen molar-refractivity contribution in [3.05, 3.63) is 76.0 Å². The fourth-order valence-corrected chi connectivity index (χ4v) is 4.89. The number of aryl methyl sites for hydroxylation is 1. The summed E-state index contributed by atoms with van der Waals surface area (Å²) in [5, 5.41) is 19.0. The van der Waals surface area contributed by atoms with Crippen LogP contribution in [0.1, 0.15) is 41.8 Å². The zero-order chi connectivity index (χ0) is 26.8. The molecule has 2 aromatic heterocycles. The molecule has 0 saturated heterocycles. The van der Waals surface area contributed by atoms with E-state index in [1.54, 1.807) is 31.2 Å². The molecule has 0 unspecified atom stereocenters. The molecule has 2 heterocycles. The van der Waals surface area contributed by atoms with Crippen molar-refractivity contribution >= 4 is 34.3 Å². The highest BCUT2D eigenvalue weighted by Gasteiger charge is 2.26. The van der Waals surface area contributed by atoms with E-state index in [1.807, 2.05) is 43.3 Å². The zero-order valence-electron chi connectivity index (χ0n) is 21.6. The number of carbonyl (C=O) groups excluding carboxylic acids is 1. The molecular weight excluding hydrogens is 484 g/mol. The zero-order valence-corrected chi connectivity index (χ0v) is 21.6. The number of rotatable bonds is 7. The molecule has 0 aliphatic heterocycles. The van der Waals surface area contributed by atoms with Gasteiger partial charge in [-0.25, -0.2) is 4.98 Å². The quantitative estimate of drug-likeness (QED) is 0.250. The molecule has 0 atom stereocenters. The average Bonchev–Trinajstić information content (AvgIpc) is 3.39. The number of benzene rings is 2. The number of nitro benzene ring substituents is 1. The molecule has 1 aliphatic rings. The average molecular weight is 515 g/mol. The first-order chi connectivity index (χ1) is 18.3. The van der Waals surface area contributed by atoms with Gasteiger partial charge in [0.15, 0.2) is 5.76 Å². The van der Waals surface area contributed by atoms with Gasteiger partial charge in [-0.3, -0.25) is 14.9 Å². The van der Waals surface area contributed by atoms with Crippen LogP contribution < -0.4 is 15.5 Å². The van der Waals surface area contributed by atoms with Gasteiger partial charge >= 0.3 is 0 Å². The minimum Gasteiger partial charge on any atom is -0.451 e. The molecule has 10 nitrogen and oxygen atoms in total. The molecule has 196 valence electrons. The van der Waals surface area contributed by atoms with Gasteiger partial charge in [0, 0.05) is 37.6 Å². The smallest absolute Gasteiger partial charge is 0.287 e. The summed E-state index contributed by atoms with van der Waals surface area (Å²) in [5.74, 6) is 1.58. The Balaban J connectivity index is 1.20. The summed E-state index contributed by atoms with van der Waals surface area (Å²) in [6.07, 6.45) is 3.32. The first kappa shape index (κ1) is 25.2. The van der Waals surface area contributed by atoms with Crippen LogP contribution in [0.25, 0.3) is 22.2 Å². The summed E-state index contributed by atoms with van der Waals surface area (Å²) >= 11 is 0. The Hall–Kier alpha value is -4.47. The van der Waals surface area contributed by atoms with Crippen molar-refractivity contribution in [1.82, 2.24) is 15.3 Å². The van der Waals surface area contributed by atoms with Crippen LogP contribution in [0.5, 0.6) is 0 Å². The van der Waals surface area contributed by atoms with Gasteiger partial charge in [-0.1, -0.05) is 18.2 Å². The minimum absolute atomic E-state index is 0.0117. The van der Waals surface area contributed by atoms with Crippen molar-refractivity contribution in [2.75, 3.05) is 24.3 Å². The number of furan rings is 1. The van der Waals surface area contributed by atoms with Gasteiger partial charge in [0.25, 0.3) is 11.6 Å². The summed E-state index contributed by atoms with van der Waals surface area (Å²) in [4.78, 5) is 35.3. The summed E-state index contributed by atoms with van der Waals surface area (Å²) in [7, 11) is 3.94. The molecule has 1 saturated carbocycles. The van der Waals surface area contributed by atoms with Crippen LogP contribution in [0.15, 0.2) is 59.0 Å². The standard InChI is InChI=1S/C28H30N6O4/c1-17-8-13-21(23(16-17)34(36)37)24-14-15-25(38-24)27(35)29-18-9-11-19(12-10-18)30-28-31-22-7-5-4-6-20(22)26(32-28)33(2)3/h4-8,13-16,18-19H,9-12H2,1-3H3,(H,29,35)(H,30,31,32)/t18-,19+. The number of nitro groups is 1. The van der Waals surface area contributed by atoms with Gasteiger partial charge in [-0.05, 0) is 68.5 Å². The Kier molecular flexibility index (Phi) is 6.95. The molecule has 1 amide bonds. The molecular formula is C28H30N6O4. The van der Waals surface area contributed by atoms with E-state index < -0.39 is 4.92 Å². The first-order valence-corrected chi connectivity index (χ1v) is 12.6. The third-order valence-electron chi connectivity index (χ3n) is 6.85. The number of nitrogens with zero attached hydrogens (tertiary/aromatic N) is 4. The summed E-state index contributed by atoms with van der Waals surface area (Å²) in [6, 6.07) is 16.2. The lowest BCUT2D eigenvalue weighted by Gasteiger charge is -2.29. The van der Waals surface area contributed by atoms with Crippen molar-refractivity contribution in [3.8, 4) is 11.3 Å². The Bertz CT molecular complexity index is 1490. The molecule has 2 aromatic carbocycles. The van der Waals surface area contributed by atoms with Crippen LogP contribution in [0.3, 0.4) is 0 Å². The highest BCUT2D eigenvalue weighted by molar-refractivity contribution is 5.92. The molecule has 38 heavy (non-hydrogen) atoms. The molecule has 5 rings (SSSR count). The predicted molar refractivity (Wildman–Crippen MR) is 147 cm³/mol. The summed E-state index contributed by atoms with van der Waals surface area (Å²) in [5.41, 5.74) is 1.97. The molecule has 4 aromatic rings. The van der Waals surface area contributed by atoms with Gasteiger partial charge in [0.05, 0.1) is 16.0 Å². The lowest BCUT2D eigenvalue weighted by molar-refractivity contribution is -0.384. The fourth-order valence-electron chi connectivity index (χ4n) is 4.89. The first-order valence-electron chi connectivity index (χ1n) is 12.6. The van der Waals surface area contributed by atoms with Crippen LogP contribution in [0, 0.1) is 17.0 Å². The van der Waals surface area contributed by atoms with E-state index >= 15 is 0 Å². The molecule has 0 bridgehead atoms. The van der Waals surface area contributed by atoms with E-state index in [4.69, 9.17) is 14.4 Å². The number of fused-ring (bicyclic) bond motifs is 1. The van der Waals surface area contributed by atoms with Crippen LogP contribution in [0.2, 0.25) is 0 Å². The predicted octanol–water partition coefficient (Wildman–Crippen LogP) is 5.33. The maximum Gasteiger partial charge on any atom is 0.287 e. The van der Waals surface area contributed by atoms with Crippen molar-refractivity contribution < 1.29 is 14.1 Å². The van der Waals surface area contributed by atoms with Gasteiger partial charge < -0.3 is 20.0 Å². The number of hydrogen-bond acceptors (Lipinski definition) is 8. The largest absolute Gasteiger partial charge is 0.451 e. The van der Waals surface area contributed by atoms with Crippen LogP contribution in [0.4, 0.5) is 17.5 Å². The number of carbonyl (C=O) groups is 1.